The fourth-order valence-corrected chi connectivity index (χ4v) is 1.40. The van der Waals surface area contributed by atoms with E-state index in [1.54, 1.807) is 0 Å². The molecule has 0 aromatic carbocycles. The molecule has 3 heteroatoms. The van der Waals surface area contributed by atoms with Gasteiger partial charge in [0.2, 0.25) is 0 Å². The molecule has 1 saturated carbocycles. The molecule has 0 spiro atoms. The zero-order valence-corrected chi connectivity index (χ0v) is 4.63. The van der Waals surface area contributed by atoms with Crippen LogP contribution in [-0.4, -0.2) is 24.8 Å². The quantitative estimate of drug-likeness (QED) is 0.410. The van der Waals surface area contributed by atoms with Gasteiger partial charge in [-0.25, -0.2) is 0 Å². The van der Waals surface area contributed by atoms with Crippen molar-refractivity contribution in [2.24, 2.45) is 17.4 Å². The molecule has 1 heterocycles. The SMILES string of the molecule is NC1C2COCC12N. The van der Waals surface area contributed by atoms with Gasteiger partial charge in [0.15, 0.2) is 0 Å². The summed E-state index contributed by atoms with van der Waals surface area (Å²) < 4.78 is 5.07. The summed E-state index contributed by atoms with van der Waals surface area (Å²) in [6, 6.07) is 0.219. The number of nitrogens with two attached hydrogens (primary N) is 2. The average molecular weight is 114 g/mol. The molecule has 1 saturated heterocycles. The van der Waals surface area contributed by atoms with Crippen molar-refractivity contribution in [3.8, 4) is 0 Å². The van der Waals surface area contributed by atoms with Gasteiger partial charge in [-0.05, 0) is 0 Å². The van der Waals surface area contributed by atoms with E-state index in [9.17, 15) is 0 Å². The Hall–Kier alpha value is -0.120. The summed E-state index contributed by atoms with van der Waals surface area (Å²) in [5, 5.41) is 0. The summed E-state index contributed by atoms with van der Waals surface area (Å²) in [6.45, 7) is 1.44. The summed E-state index contributed by atoms with van der Waals surface area (Å²) in [5.41, 5.74) is 11.2. The minimum Gasteiger partial charge on any atom is -0.379 e. The minimum absolute atomic E-state index is 0.125. The lowest BCUT2D eigenvalue weighted by molar-refractivity contribution is 0.155. The van der Waals surface area contributed by atoms with E-state index < -0.39 is 0 Å². The fourth-order valence-electron chi connectivity index (χ4n) is 1.40. The van der Waals surface area contributed by atoms with Crippen molar-refractivity contribution in [1.29, 1.82) is 0 Å². The van der Waals surface area contributed by atoms with E-state index in [1.165, 1.54) is 0 Å². The van der Waals surface area contributed by atoms with Crippen molar-refractivity contribution in [2.75, 3.05) is 13.2 Å². The first-order valence-electron chi connectivity index (χ1n) is 2.87. The highest BCUT2D eigenvalue weighted by molar-refractivity contribution is 5.22. The molecule has 0 aromatic rings. The second-order valence-electron chi connectivity index (χ2n) is 2.76. The Balaban J connectivity index is 2.18. The van der Waals surface area contributed by atoms with Crippen molar-refractivity contribution in [2.45, 2.75) is 11.6 Å². The van der Waals surface area contributed by atoms with Gasteiger partial charge in [-0.2, -0.15) is 0 Å². The summed E-state index contributed by atoms with van der Waals surface area (Å²) in [7, 11) is 0. The fraction of sp³-hybridized carbons (Fsp3) is 1.00. The van der Waals surface area contributed by atoms with Gasteiger partial charge in [0, 0.05) is 12.0 Å². The maximum atomic E-state index is 5.75. The number of hydrogen-bond acceptors (Lipinski definition) is 3. The minimum atomic E-state index is -0.125. The molecule has 0 radical (unpaired) electrons. The first kappa shape index (κ1) is 4.73. The smallest absolute Gasteiger partial charge is 0.0665 e. The van der Waals surface area contributed by atoms with Crippen LogP contribution < -0.4 is 11.5 Å². The van der Waals surface area contributed by atoms with Crippen LogP contribution in [0.15, 0.2) is 0 Å². The average Bonchev–Trinajstić information content (AvgIpc) is 2.23. The monoisotopic (exact) mass is 114 g/mol. The van der Waals surface area contributed by atoms with E-state index in [4.69, 9.17) is 16.2 Å². The molecule has 3 atom stereocenters. The standard InChI is InChI=1S/C5H10N2O/c6-4-3-1-8-2-5(3,4)7/h3-4H,1-2,6-7H2. The van der Waals surface area contributed by atoms with Gasteiger partial charge in [0.1, 0.15) is 0 Å². The molecular weight excluding hydrogens is 104 g/mol. The van der Waals surface area contributed by atoms with Crippen molar-refractivity contribution in [3.63, 3.8) is 0 Å². The predicted octanol–water partition coefficient (Wildman–Crippen LogP) is -1.33. The van der Waals surface area contributed by atoms with Crippen LogP contribution in [-0.2, 0) is 4.74 Å². The van der Waals surface area contributed by atoms with Crippen LogP contribution in [0.4, 0.5) is 0 Å². The molecule has 2 rings (SSSR count). The van der Waals surface area contributed by atoms with Gasteiger partial charge in [0.25, 0.3) is 0 Å². The van der Waals surface area contributed by atoms with Crippen LogP contribution in [0.5, 0.6) is 0 Å². The van der Waals surface area contributed by atoms with E-state index >= 15 is 0 Å². The maximum absolute atomic E-state index is 5.75. The van der Waals surface area contributed by atoms with E-state index in [2.05, 4.69) is 0 Å². The van der Waals surface area contributed by atoms with E-state index in [0.717, 1.165) is 6.61 Å². The normalized spacial score (nSPS) is 60.8. The summed E-state index contributed by atoms with van der Waals surface area (Å²) in [6.07, 6.45) is 0. The highest BCUT2D eigenvalue weighted by atomic mass is 16.5. The van der Waals surface area contributed by atoms with Gasteiger partial charge in [-0.1, -0.05) is 0 Å². The van der Waals surface area contributed by atoms with Gasteiger partial charge in [-0.3, -0.25) is 0 Å². The number of ether oxygens (including phenoxy) is 1. The zero-order chi connectivity index (χ0) is 5.78. The molecule has 1 aliphatic carbocycles. The van der Waals surface area contributed by atoms with Crippen LogP contribution in [0.1, 0.15) is 0 Å². The highest BCUT2D eigenvalue weighted by Crippen LogP contribution is 2.44. The molecule has 3 unspecified atom stereocenters. The van der Waals surface area contributed by atoms with Gasteiger partial charge in [0.05, 0.1) is 18.8 Å². The van der Waals surface area contributed by atoms with Crippen LogP contribution in [0.3, 0.4) is 0 Å². The first-order valence-corrected chi connectivity index (χ1v) is 2.87. The maximum Gasteiger partial charge on any atom is 0.0665 e. The molecule has 0 bridgehead atoms. The molecule has 8 heavy (non-hydrogen) atoms. The van der Waals surface area contributed by atoms with Crippen LogP contribution in [0.2, 0.25) is 0 Å². The molecule has 2 fully saturated rings. The van der Waals surface area contributed by atoms with Crippen LogP contribution in [0, 0.1) is 5.92 Å². The van der Waals surface area contributed by atoms with Gasteiger partial charge < -0.3 is 16.2 Å². The Morgan fingerprint density at radius 2 is 2.38 bits per heavy atom. The van der Waals surface area contributed by atoms with Gasteiger partial charge >= 0.3 is 0 Å². The largest absolute Gasteiger partial charge is 0.379 e. The summed E-state index contributed by atoms with van der Waals surface area (Å²) >= 11 is 0. The molecule has 0 aromatic heterocycles. The predicted molar refractivity (Wildman–Crippen MR) is 29.2 cm³/mol. The Bertz CT molecular complexity index is 128. The van der Waals surface area contributed by atoms with E-state index in [-0.39, 0.29) is 11.6 Å². The Kier molecular flexibility index (Phi) is 0.635. The summed E-state index contributed by atoms with van der Waals surface area (Å²) in [4.78, 5) is 0. The number of fused-ring (bicyclic) bond motifs is 1. The third-order valence-electron chi connectivity index (χ3n) is 2.28. The van der Waals surface area contributed by atoms with E-state index in [1.807, 2.05) is 0 Å². The first-order chi connectivity index (χ1) is 3.75. The second kappa shape index (κ2) is 1.07. The molecule has 3 nitrogen and oxygen atoms in total. The molecule has 0 amide bonds. The second-order valence-corrected chi connectivity index (χ2v) is 2.76. The van der Waals surface area contributed by atoms with Crippen molar-refractivity contribution in [3.05, 3.63) is 0 Å². The Morgan fingerprint density at radius 1 is 1.62 bits per heavy atom. The Labute approximate surface area is 48.0 Å². The molecule has 1 aliphatic heterocycles. The van der Waals surface area contributed by atoms with Gasteiger partial charge in [-0.15, -0.1) is 0 Å². The number of rotatable bonds is 0. The zero-order valence-electron chi connectivity index (χ0n) is 4.63. The molecule has 46 valence electrons. The van der Waals surface area contributed by atoms with Crippen molar-refractivity contribution >= 4 is 0 Å². The summed E-state index contributed by atoms with van der Waals surface area (Å²) in [5.74, 6) is 0.461. The van der Waals surface area contributed by atoms with Crippen molar-refractivity contribution in [1.82, 2.24) is 0 Å². The van der Waals surface area contributed by atoms with Crippen LogP contribution >= 0.6 is 0 Å². The molecule has 2 aliphatic rings. The lowest BCUT2D eigenvalue weighted by atomic mass is 10.3. The lowest BCUT2D eigenvalue weighted by Gasteiger charge is -2.02. The molecule has 4 N–H and O–H groups in total. The highest BCUT2D eigenvalue weighted by Gasteiger charge is 2.63. The topological polar surface area (TPSA) is 61.3 Å². The third-order valence-corrected chi connectivity index (χ3v) is 2.28. The third kappa shape index (κ3) is 0.321. The number of hydrogen-bond donors (Lipinski definition) is 2. The van der Waals surface area contributed by atoms with E-state index in [0.29, 0.717) is 12.5 Å². The Morgan fingerprint density at radius 3 is 2.62 bits per heavy atom. The van der Waals surface area contributed by atoms with Crippen molar-refractivity contribution < 1.29 is 4.74 Å². The lowest BCUT2D eigenvalue weighted by Crippen LogP contribution is -2.34. The van der Waals surface area contributed by atoms with Crippen LogP contribution in [0.25, 0.3) is 0 Å². The molecular formula is C5H10N2O.